The molecule has 0 aliphatic carbocycles. The second kappa shape index (κ2) is 2.86. The topological polar surface area (TPSA) is 60.9 Å². The number of aromatic nitrogens is 2. The highest BCUT2D eigenvalue weighted by Gasteiger charge is 1.94. The van der Waals surface area contributed by atoms with Gasteiger partial charge in [-0.2, -0.15) is 0 Å². The van der Waals surface area contributed by atoms with Crippen LogP contribution in [0.2, 0.25) is 0 Å². The number of nitrogen functional groups attached to an aromatic ring is 1. The van der Waals surface area contributed by atoms with Crippen LogP contribution >= 0.6 is 0 Å². The van der Waals surface area contributed by atoms with Crippen molar-refractivity contribution in [3.05, 3.63) is 35.1 Å². The summed E-state index contributed by atoms with van der Waals surface area (Å²) in [6, 6.07) is 1.52. The fraction of sp³-hybridized carbons (Fsp3) is 0. The number of hydrogen-bond acceptors (Lipinski definition) is 3. The van der Waals surface area contributed by atoms with Crippen molar-refractivity contribution in [3.8, 4) is 0 Å². The molecule has 0 unspecified atom stereocenters. The number of nitrogens with zero attached hydrogens (tertiary/aromatic N) is 2. The van der Waals surface area contributed by atoms with Crippen molar-refractivity contribution in [1.82, 2.24) is 9.55 Å². The van der Waals surface area contributed by atoms with Crippen LogP contribution in [0.1, 0.15) is 0 Å². The Bertz CT molecular complexity index is 360. The van der Waals surface area contributed by atoms with E-state index >= 15 is 0 Å². The van der Waals surface area contributed by atoms with Crippen LogP contribution < -0.4 is 11.4 Å². The van der Waals surface area contributed by atoms with Crippen LogP contribution in [-0.2, 0) is 0 Å². The van der Waals surface area contributed by atoms with Crippen molar-refractivity contribution < 1.29 is 0 Å². The molecule has 0 saturated heterocycles. The van der Waals surface area contributed by atoms with Gasteiger partial charge in [0.05, 0.1) is 6.20 Å². The summed E-state index contributed by atoms with van der Waals surface area (Å²) in [4.78, 5) is 14.4. The van der Waals surface area contributed by atoms with Gasteiger partial charge in [0, 0.05) is 6.20 Å². The van der Waals surface area contributed by atoms with Gasteiger partial charge in [0.2, 0.25) is 0 Å². The van der Waals surface area contributed by atoms with E-state index in [9.17, 15) is 4.79 Å². The average Bonchev–Trinajstić information content (AvgIpc) is 1.97. The van der Waals surface area contributed by atoms with Crippen molar-refractivity contribution in [3.63, 3.8) is 0 Å². The van der Waals surface area contributed by atoms with Crippen LogP contribution in [-0.4, -0.2) is 9.55 Å². The van der Waals surface area contributed by atoms with Gasteiger partial charge >= 0.3 is 5.69 Å². The highest BCUT2D eigenvalue weighted by atomic mass is 16.1. The molecule has 0 aromatic carbocycles. The molecule has 1 aromatic rings. The molecule has 0 amide bonds. The van der Waals surface area contributed by atoms with E-state index in [1.165, 1.54) is 18.5 Å². The van der Waals surface area contributed by atoms with Crippen LogP contribution in [0.3, 0.4) is 0 Å². The van der Waals surface area contributed by atoms with Crippen molar-refractivity contribution in [2.24, 2.45) is 0 Å². The normalized spacial score (nSPS) is 8.73. The minimum Gasteiger partial charge on any atom is -0.385 e. The molecule has 0 radical (unpaired) electrons. The first-order valence-electron chi connectivity index (χ1n) is 2.94. The van der Waals surface area contributed by atoms with E-state index in [-0.39, 0.29) is 0 Å². The minimum atomic E-state index is -0.429. The smallest absolute Gasteiger partial charge is 0.353 e. The van der Waals surface area contributed by atoms with Crippen molar-refractivity contribution in [1.29, 1.82) is 0 Å². The van der Waals surface area contributed by atoms with Crippen molar-refractivity contribution >= 4 is 12.0 Å². The summed E-state index contributed by atoms with van der Waals surface area (Å²) in [7, 11) is 0. The van der Waals surface area contributed by atoms with Crippen LogP contribution in [0, 0.1) is 0 Å². The predicted molar refractivity (Wildman–Crippen MR) is 42.8 cm³/mol. The highest BCUT2D eigenvalue weighted by molar-refractivity contribution is 5.37. The molecule has 1 rings (SSSR count). The molecule has 56 valence electrons. The van der Waals surface area contributed by atoms with E-state index in [1.54, 1.807) is 0 Å². The first kappa shape index (κ1) is 7.31. The molecule has 2 N–H and O–H groups in total. The standard InChI is InChI=1S/C7H7N3O/c1-2-5-10-6(8)3-4-9-7(10)11/h3-5H,1,8H2. The van der Waals surface area contributed by atoms with E-state index in [1.807, 2.05) is 0 Å². The number of hydrogen-bond donors (Lipinski definition) is 1. The lowest BCUT2D eigenvalue weighted by molar-refractivity contribution is 0.974. The fourth-order valence-electron chi connectivity index (χ4n) is 0.651. The Labute approximate surface area is 63.3 Å². The highest BCUT2D eigenvalue weighted by Crippen LogP contribution is 1.93. The van der Waals surface area contributed by atoms with Gasteiger partial charge in [-0.1, -0.05) is 6.58 Å². The zero-order valence-corrected chi connectivity index (χ0v) is 5.82. The Morgan fingerprint density at radius 3 is 3.09 bits per heavy atom. The maximum atomic E-state index is 10.9. The van der Waals surface area contributed by atoms with Crippen molar-refractivity contribution in [2.75, 3.05) is 5.73 Å². The molecule has 4 nitrogen and oxygen atoms in total. The van der Waals surface area contributed by atoms with Gasteiger partial charge in [-0.15, -0.1) is 5.73 Å². The monoisotopic (exact) mass is 149 g/mol. The summed E-state index contributed by atoms with van der Waals surface area (Å²) >= 11 is 0. The quantitative estimate of drug-likeness (QED) is 0.575. The minimum absolute atomic E-state index is 0.321. The van der Waals surface area contributed by atoms with E-state index in [2.05, 4.69) is 17.3 Å². The molecule has 0 aliphatic heterocycles. The van der Waals surface area contributed by atoms with Gasteiger partial charge in [0.25, 0.3) is 0 Å². The molecular formula is C7H7N3O. The van der Waals surface area contributed by atoms with Gasteiger partial charge in [0.15, 0.2) is 0 Å². The van der Waals surface area contributed by atoms with Gasteiger partial charge in [0.1, 0.15) is 5.82 Å². The SMILES string of the molecule is C=C=Cn1c(N)ccnc1=O. The molecule has 0 aliphatic rings. The third-order valence-corrected chi connectivity index (χ3v) is 1.13. The fourth-order valence-corrected chi connectivity index (χ4v) is 0.651. The Hall–Kier alpha value is -1.80. The molecule has 0 bridgehead atoms. The summed E-state index contributed by atoms with van der Waals surface area (Å²) in [5, 5.41) is 0. The van der Waals surface area contributed by atoms with Crippen molar-refractivity contribution in [2.45, 2.75) is 0 Å². The lowest BCUT2D eigenvalue weighted by Gasteiger charge is -1.98. The van der Waals surface area contributed by atoms with Gasteiger partial charge < -0.3 is 5.73 Å². The lowest BCUT2D eigenvalue weighted by Crippen LogP contribution is -2.20. The Balaban J connectivity index is 3.44. The average molecular weight is 149 g/mol. The van der Waals surface area contributed by atoms with Crippen LogP contribution in [0.5, 0.6) is 0 Å². The second-order valence-electron chi connectivity index (χ2n) is 1.86. The summed E-state index contributed by atoms with van der Waals surface area (Å²) in [6.07, 6.45) is 2.69. The summed E-state index contributed by atoms with van der Waals surface area (Å²) in [6.45, 7) is 3.31. The first-order chi connectivity index (χ1) is 5.25. The largest absolute Gasteiger partial charge is 0.385 e. The molecule has 11 heavy (non-hydrogen) atoms. The van der Waals surface area contributed by atoms with Crippen LogP contribution in [0.4, 0.5) is 5.82 Å². The number of rotatable bonds is 1. The van der Waals surface area contributed by atoms with E-state index in [0.717, 1.165) is 4.57 Å². The maximum Gasteiger partial charge on any atom is 0.353 e. The number of nitrogens with two attached hydrogens (primary N) is 1. The summed E-state index contributed by atoms with van der Waals surface area (Å²) in [5.41, 5.74) is 7.44. The third kappa shape index (κ3) is 1.36. The number of anilines is 1. The van der Waals surface area contributed by atoms with Crippen LogP contribution in [0.15, 0.2) is 29.4 Å². The zero-order chi connectivity index (χ0) is 8.27. The summed E-state index contributed by atoms with van der Waals surface area (Å²) < 4.78 is 1.16. The maximum absolute atomic E-state index is 10.9. The van der Waals surface area contributed by atoms with Gasteiger partial charge in [-0.3, -0.25) is 0 Å². The summed E-state index contributed by atoms with van der Waals surface area (Å²) in [5.74, 6) is 0.321. The zero-order valence-electron chi connectivity index (χ0n) is 5.82. The first-order valence-corrected chi connectivity index (χ1v) is 2.94. The molecule has 0 fully saturated rings. The van der Waals surface area contributed by atoms with Crippen LogP contribution in [0.25, 0.3) is 6.20 Å². The van der Waals surface area contributed by atoms with E-state index in [4.69, 9.17) is 5.73 Å². The molecule has 0 atom stereocenters. The molecule has 1 heterocycles. The molecule has 0 saturated carbocycles. The lowest BCUT2D eigenvalue weighted by atomic mass is 10.6. The Morgan fingerprint density at radius 1 is 1.82 bits per heavy atom. The molecule has 1 aromatic heterocycles. The Kier molecular flexibility index (Phi) is 1.90. The third-order valence-electron chi connectivity index (χ3n) is 1.13. The van der Waals surface area contributed by atoms with E-state index in [0.29, 0.717) is 5.82 Å². The second-order valence-corrected chi connectivity index (χ2v) is 1.86. The van der Waals surface area contributed by atoms with Gasteiger partial charge in [-0.05, 0) is 6.07 Å². The van der Waals surface area contributed by atoms with E-state index < -0.39 is 5.69 Å². The molecular weight excluding hydrogens is 142 g/mol. The van der Waals surface area contributed by atoms with Gasteiger partial charge in [-0.25, -0.2) is 14.3 Å². The predicted octanol–water partition coefficient (Wildman–Crippen LogP) is 0.0811. The Morgan fingerprint density at radius 2 is 2.55 bits per heavy atom. The molecule has 0 spiro atoms. The molecule has 4 heteroatoms.